The molecule has 1 aliphatic rings. The summed E-state index contributed by atoms with van der Waals surface area (Å²) in [5, 5.41) is 18.6. The standard InChI is InChI=1S/C28H29FN2O5S/c1-3-22-17-31(37(34,35)27-7-5-4-6-26(27)36-22)16-21-13-20(10-8-18(21)2)24(14-28(32)33)23-11-9-19(15-30)12-25(23)29/h4-13,22,24,34-35H,3,14,16-17H2,1-2H3,(H,32,33). The number of hydrogen-bond donors (Lipinski definition) is 3. The van der Waals surface area contributed by atoms with Gasteiger partial charge in [0.1, 0.15) is 22.6 Å². The smallest absolute Gasteiger partial charge is 0.304 e. The van der Waals surface area contributed by atoms with Crippen LogP contribution in [0.2, 0.25) is 0 Å². The number of carbonyl (C=O) groups is 1. The van der Waals surface area contributed by atoms with E-state index in [1.54, 1.807) is 40.7 Å². The van der Waals surface area contributed by atoms with Crippen LogP contribution in [-0.4, -0.2) is 37.1 Å². The summed E-state index contributed by atoms with van der Waals surface area (Å²) in [7, 11) is -3.37. The van der Waals surface area contributed by atoms with Crippen molar-refractivity contribution in [2.45, 2.75) is 50.2 Å². The van der Waals surface area contributed by atoms with Crippen LogP contribution in [0.25, 0.3) is 0 Å². The second kappa shape index (κ2) is 10.9. The maximum atomic E-state index is 14.9. The van der Waals surface area contributed by atoms with Gasteiger partial charge in [-0.15, -0.1) is 10.8 Å². The number of aryl methyl sites for hydroxylation is 1. The van der Waals surface area contributed by atoms with E-state index in [0.29, 0.717) is 22.6 Å². The Morgan fingerprint density at radius 2 is 1.97 bits per heavy atom. The molecule has 0 aliphatic carbocycles. The molecule has 0 saturated heterocycles. The number of benzene rings is 3. The van der Waals surface area contributed by atoms with Crippen LogP contribution in [0.3, 0.4) is 0 Å². The van der Waals surface area contributed by atoms with Crippen molar-refractivity contribution in [3.05, 3.63) is 94.3 Å². The first-order chi connectivity index (χ1) is 17.6. The molecular weight excluding hydrogens is 495 g/mol. The molecule has 2 unspecified atom stereocenters. The zero-order valence-corrected chi connectivity index (χ0v) is 21.4. The van der Waals surface area contributed by atoms with Gasteiger partial charge in [-0.1, -0.05) is 43.3 Å². The summed E-state index contributed by atoms with van der Waals surface area (Å²) in [6.07, 6.45) is 0.0623. The molecule has 0 saturated carbocycles. The molecule has 2 atom stereocenters. The predicted molar refractivity (Wildman–Crippen MR) is 139 cm³/mol. The van der Waals surface area contributed by atoms with E-state index < -0.39 is 28.5 Å². The maximum absolute atomic E-state index is 14.9. The first-order valence-electron chi connectivity index (χ1n) is 11.9. The van der Waals surface area contributed by atoms with Crippen molar-refractivity contribution in [2.24, 2.45) is 0 Å². The minimum absolute atomic E-state index is 0.152. The molecule has 1 aliphatic heterocycles. The SMILES string of the molecule is CCC1CN(Cc2cc(C(CC(=O)O)c3ccc(C#N)cc3F)ccc2C)S(O)(O)c2ccccc2O1. The number of nitriles is 1. The number of fused-ring (bicyclic) bond motifs is 1. The monoisotopic (exact) mass is 524 g/mol. The number of halogens is 1. The van der Waals surface area contributed by atoms with E-state index in [2.05, 4.69) is 0 Å². The molecule has 0 amide bonds. The van der Waals surface area contributed by atoms with E-state index in [9.17, 15) is 23.4 Å². The molecule has 3 aromatic carbocycles. The molecule has 9 heteroatoms. The van der Waals surface area contributed by atoms with Crippen LogP contribution < -0.4 is 4.74 Å². The van der Waals surface area contributed by atoms with Crippen LogP contribution in [0.4, 0.5) is 4.39 Å². The quantitative estimate of drug-likeness (QED) is 0.332. The van der Waals surface area contributed by atoms with Crippen LogP contribution in [0, 0.1) is 24.1 Å². The number of aliphatic carboxylic acids is 1. The van der Waals surface area contributed by atoms with Crippen LogP contribution in [0.1, 0.15) is 53.5 Å². The van der Waals surface area contributed by atoms with Gasteiger partial charge in [0.25, 0.3) is 0 Å². The molecule has 4 rings (SSSR count). The van der Waals surface area contributed by atoms with Gasteiger partial charge in [0.15, 0.2) is 0 Å². The maximum Gasteiger partial charge on any atom is 0.304 e. The lowest BCUT2D eigenvalue weighted by Gasteiger charge is -2.42. The van der Waals surface area contributed by atoms with Crippen LogP contribution in [0.5, 0.6) is 5.75 Å². The molecule has 3 aromatic rings. The highest BCUT2D eigenvalue weighted by atomic mass is 32.3. The molecule has 1 heterocycles. The van der Waals surface area contributed by atoms with Crippen LogP contribution in [-0.2, 0) is 11.3 Å². The van der Waals surface area contributed by atoms with Crippen molar-refractivity contribution in [1.29, 1.82) is 5.26 Å². The third-order valence-corrected chi connectivity index (χ3v) is 8.59. The average Bonchev–Trinajstić information content (AvgIpc) is 2.97. The van der Waals surface area contributed by atoms with E-state index in [1.165, 1.54) is 12.1 Å². The minimum Gasteiger partial charge on any atom is -0.487 e. The highest BCUT2D eigenvalue weighted by molar-refractivity contribution is 8.22. The highest BCUT2D eigenvalue weighted by Crippen LogP contribution is 2.57. The number of para-hydroxylation sites is 1. The molecule has 0 bridgehead atoms. The first kappa shape index (κ1) is 26.6. The van der Waals surface area contributed by atoms with Crippen molar-refractivity contribution in [3.8, 4) is 11.8 Å². The van der Waals surface area contributed by atoms with Gasteiger partial charge < -0.3 is 9.84 Å². The lowest BCUT2D eigenvalue weighted by Crippen LogP contribution is -2.34. The molecule has 7 nitrogen and oxygen atoms in total. The Balaban J connectivity index is 1.74. The van der Waals surface area contributed by atoms with Crippen LogP contribution >= 0.6 is 10.8 Å². The Bertz CT molecular complexity index is 1360. The highest BCUT2D eigenvalue weighted by Gasteiger charge is 2.35. The fourth-order valence-electron chi connectivity index (χ4n) is 4.56. The Kier molecular flexibility index (Phi) is 7.85. The van der Waals surface area contributed by atoms with Gasteiger partial charge in [0.2, 0.25) is 0 Å². The van der Waals surface area contributed by atoms with Gasteiger partial charge >= 0.3 is 5.97 Å². The van der Waals surface area contributed by atoms with Crippen LogP contribution in [0.15, 0.2) is 65.6 Å². The molecule has 0 spiro atoms. The topological polar surface area (TPSA) is 114 Å². The summed E-state index contributed by atoms with van der Waals surface area (Å²) in [6.45, 7) is 4.31. The first-order valence-corrected chi connectivity index (χ1v) is 13.4. The Morgan fingerprint density at radius 1 is 1.22 bits per heavy atom. The van der Waals surface area contributed by atoms with E-state index in [0.717, 1.165) is 17.2 Å². The van der Waals surface area contributed by atoms with Crippen molar-refractivity contribution < 1.29 is 28.1 Å². The Labute approximate surface area is 217 Å². The van der Waals surface area contributed by atoms with E-state index in [-0.39, 0.29) is 36.7 Å². The summed E-state index contributed by atoms with van der Waals surface area (Å²) in [5.74, 6) is -2.08. The van der Waals surface area contributed by atoms with Gasteiger partial charge in [0, 0.05) is 12.5 Å². The normalized spacial score (nSPS) is 18.5. The molecular formula is C28H29FN2O5S. The van der Waals surface area contributed by atoms with Gasteiger partial charge in [-0.25, -0.2) is 4.39 Å². The second-order valence-corrected chi connectivity index (χ2v) is 11.1. The Hall–Kier alpha value is -3.42. The summed E-state index contributed by atoms with van der Waals surface area (Å²) >= 11 is 0. The molecule has 3 N–H and O–H groups in total. The van der Waals surface area contributed by atoms with Gasteiger partial charge in [-0.05, 0) is 59.9 Å². The fraction of sp³-hybridized carbons (Fsp3) is 0.286. The van der Waals surface area contributed by atoms with Crippen molar-refractivity contribution in [2.75, 3.05) is 6.54 Å². The van der Waals surface area contributed by atoms with E-state index in [4.69, 9.17) is 10.00 Å². The lowest BCUT2D eigenvalue weighted by molar-refractivity contribution is -0.137. The summed E-state index contributed by atoms with van der Waals surface area (Å²) in [5.41, 5.74) is 2.56. The average molecular weight is 525 g/mol. The summed E-state index contributed by atoms with van der Waals surface area (Å²) in [4.78, 5) is 12.0. The third-order valence-electron chi connectivity index (χ3n) is 6.67. The Morgan fingerprint density at radius 3 is 2.65 bits per heavy atom. The number of ether oxygens (including phenoxy) is 1. The fourth-order valence-corrected chi connectivity index (χ4v) is 6.18. The minimum atomic E-state index is -3.37. The summed E-state index contributed by atoms with van der Waals surface area (Å²) < 4.78 is 45.2. The lowest BCUT2D eigenvalue weighted by atomic mass is 9.86. The zero-order chi connectivity index (χ0) is 26.7. The molecule has 0 aromatic heterocycles. The number of hydrogen-bond acceptors (Lipinski definition) is 6. The van der Waals surface area contributed by atoms with Crippen molar-refractivity contribution in [3.63, 3.8) is 0 Å². The largest absolute Gasteiger partial charge is 0.487 e. The summed E-state index contributed by atoms with van der Waals surface area (Å²) in [6, 6.07) is 18.2. The second-order valence-electron chi connectivity index (χ2n) is 9.12. The zero-order valence-electron chi connectivity index (χ0n) is 20.6. The van der Waals surface area contributed by atoms with Crippen molar-refractivity contribution in [1.82, 2.24) is 4.31 Å². The number of carboxylic acids is 1. The van der Waals surface area contributed by atoms with Crippen molar-refractivity contribution >= 4 is 16.7 Å². The third kappa shape index (κ3) is 5.63. The van der Waals surface area contributed by atoms with E-state index >= 15 is 0 Å². The molecule has 0 fully saturated rings. The van der Waals surface area contributed by atoms with E-state index in [1.807, 2.05) is 26.0 Å². The van der Waals surface area contributed by atoms with Gasteiger partial charge in [-0.3, -0.25) is 13.9 Å². The predicted octanol–water partition coefficient (Wildman–Crippen LogP) is 6.31. The molecule has 0 radical (unpaired) electrons. The van der Waals surface area contributed by atoms with Gasteiger partial charge in [0.05, 0.1) is 24.6 Å². The number of nitrogens with zero attached hydrogens (tertiary/aromatic N) is 2. The molecule has 37 heavy (non-hydrogen) atoms. The van der Waals surface area contributed by atoms with Gasteiger partial charge in [-0.2, -0.15) is 9.57 Å². The molecule has 194 valence electrons. The number of carboxylic acid groups (broad SMARTS) is 1. The number of rotatable bonds is 7.